The Hall–Kier alpha value is -1.52. The van der Waals surface area contributed by atoms with Gasteiger partial charge < -0.3 is 15.0 Å². The molecule has 92 valence electrons. The van der Waals surface area contributed by atoms with Crippen LogP contribution in [0.1, 0.15) is 27.2 Å². The van der Waals surface area contributed by atoms with Gasteiger partial charge in [0.2, 0.25) is 6.41 Å². The molecule has 0 aliphatic rings. The van der Waals surface area contributed by atoms with Gasteiger partial charge in [-0.3, -0.25) is 4.79 Å². The largest absolute Gasteiger partial charge is 0.444 e. The quantitative estimate of drug-likeness (QED) is 0.553. The summed E-state index contributed by atoms with van der Waals surface area (Å²) in [5.41, 5.74) is -0.486. The normalized spacial score (nSPS) is 10.4. The van der Waals surface area contributed by atoms with Crippen LogP contribution in [0.5, 0.6) is 0 Å². The van der Waals surface area contributed by atoms with E-state index in [2.05, 4.69) is 11.9 Å². The van der Waals surface area contributed by atoms with Gasteiger partial charge in [0.05, 0.1) is 0 Å². The van der Waals surface area contributed by atoms with Crippen LogP contribution in [0.3, 0.4) is 0 Å². The van der Waals surface area contributed by atoms with E-state index in [1.807, 2.05) is 0 Å². The molecule has 0 unspecified atom stereocenters. The van der Waals surface area contributed by atoms with Crippen LogP contribution in [0.2, 0.25) is 0 Å². The van der Waals surface area contributed by atoms with E-state index in [0.717, 1.165) is 0 Å². The van der Waals surface area contributed by atoms with Crippen LogP contribution in [-0.4, -0.2) is 36.1 Å². The van der Waals surface area contributed by atoms with Gasteiger partial charge in [0, 0.05) is 13.1 Å². The van der Waals surface area contributed by atoms with Gasteiger partial charge in [0.15, 0.2) is 0 Å². The Morgan fingerprint density at radius 1 is 1.50 bits per heavy atom. The van der Waals surface area contributed by atoms with Crippen molar-refractivity contribution in [1.82, 2.24) is 10.2 Å². The first-order valence-corrected chi connectivity index (χ1v) is 5.19. The summed E-state index contributed by atoms with van der Waals surface area (Å²) in [5.74, 6) is 0. The zero-order chi connectivity index (χ0) is 12.6. The average molecular weight is 228 g/mol. The fourth-order valence-electron chi connectivity index (χ4n) is 0.953. The fraction of sp³-hybridized carbons (Fsp3) is 0.636. The van der Waals surface area contributed by atoms with Gasteiger partial charge in [-0.1, -0.05) is 6.58 Å². The predicted octanol–water partition coefficient (Wildman–Crippen LogP) is 1.50. The molecule has 5 heteroatoms. The number of carbonyl (C=O) groups excluding carboxylic acids is 2. The van der Waals surface area contributed by atoms with Crippen molar-refractivity contribution < 1.29 is 14.3 Å². The van der Waals surface area contributed by atoms with Gasteiger partial charge in [0.25, 0.3) is 0 Å². The van der Waals surface area contributed by atoms with Crippen molar-refractivity contribution in [2.24, 2.45) is 0 Å². The van der Waals surface area contributed by atoms with E-state index in [0.29, 0.717) is 25.9 Å². The minimum atomic E-state index is -0.486. The first-order chi connectivity index (χ1) is 7.39. The summed E-state index contributed by atoms with van der Waals surface area (Å²) in [6.45, 7) is 9.88. The molecule has 5 nitrogen and oxygen atoms in total. The second kappa shape index (κ2) is 6.87. The molecule has 0 saturated carbocycles. The first-order valence-electron chi connectivity index (χ1n) is 5.19. The van der Waals surface area contributed by atoms with E-state index >= 15 is 0 Å². The zero-order valence-corrected chi connectivity index (χ0v) is 10.2. The second-order valence-electron chi connectivity index (χ2n) is 4.31. The number of nitrogens with zero attached hydrogens (tertiary/aromatic N) is 1. The number of hydrogen-bond acceptors (Lipinski definition) is 3. The van der Waals surface area contributed by atoms with Crippen LogP contribution >= 0.6 is 0 Å². The van der Waals surface area contributed by atoms with E-state index < -0.39 is 11.7 Å². The smallest absolute Gasteiger partial charge is 0.407 e. The standard InChI is InChI=1S/C11H20N2O3/c1-5-13(9-14)8-6-7-12-10(15)16-11(2,3)4/h5,9H,1,6-8H2,2-4H3,(H,12,15). The highest BCUT2D eigenvalue weighted by Gasteiger charge is 2.15. The molecule has 0 saturated heterocycles. The molecule has 0 aromatic carbocycles. The molecule has 0 atom stereocenters. The van der Waals surface area contributed by atoms with Crippen molar-refractivity contribution in [3.63, 3.8) is 0 Å². The summed E-state index contributed by atoms with van der Waals surface area (Å²) in [7, 11) is 0. The highest BCUT2D eigenvalue weighted by Crippen LogP contribution is 2.06. The van der Waals surface area contributed by atoms with Crippen LogP contribution in [0.15, 0.2) is 12.8 Å². The minimum absolute atomic E-state index is 0.441. The van der Waals surface area contributed by atoms with Crippen molar-refractivity contribution in [1.29, 1.82) is 0 Å². The van der Waals surface area contributed by atoms with E-state index in [4.69, 9.17) is 4.74 Å². The third kappa shape index (κ3) is 7.84. The molecule has 0 fully saturated rings. The highest BCUT2D eigenvalue weighted by atomic mass is 16.6. The molecule has 0 spiro atoms. The second-order valence-corrected chi connectivity index (χ2v) is 4.31. The summed E-state index contributed by atoms with van der Waals surface area (Å²) >= 11 is 0. The zero-order valence-electron chi connectivity index (χ0n) is 10.2. The summed E-state index contributed by atoms with van der Waals surface area (Å²) in [6.07, 6.45) is 2.36. The number of carbonyl (C=O) groups is 2. The van der Waals surface area contributed by atoms with E-state index in [1.165, 1.54) is 11.1 Å². The molecule has 0 heterocycles. The molecule has 2 amide bonds. The van der Waals surface area contributed by atoms with Crippen LogP contribution in [0.4, 0.5) is 4.79 Å². The van der Waals surface area contributed by atoms with Gasteiger partial charge >= 0.3 is 6.09 Å². The molecule has 0 rings (SSSR count). The van der Waals surface area contributed by atoms with Crippen LogP contribution in [0.25, 0.3) is 0 Å². The minimum Gasteiger partial charge on any atom is -0.444 e. The number of hydrogen-bond donors (Lipinski definition) is 1. The molecule has 0 bridgehead atoms. The highest BCUT2D eigenvalue weighted by molar-refractivity contribution is 5.67. The Kier molecular flexibility index (Phi) is 6.22. The third-order valence-electron chi connectivity index (χ3n) is 1.63. The molecular weight excluding hydrogens is 208 g/mol. The van der Waals surface area contributed by atoms with Crippen molar-refractivity contribution in [3.05, 3.63) is 12.8 Å². The van der Waals surface area contributed by atoms with Crippen LogP contribution in [-0.2, 0) is 9.53 Å². The number of amides is 2. The molecule has 0 aliphatic carbocycles. The van der Waals surface area contributed by atoms with Crippen molar-refractivity contribution in [3.8, 4) is 0 Å². The summed E-state index contributed by atoms with van der Waals surface area (Å²) in [4.78, 5) is 23.0. The summed E-state index contributed by atoms with van der Waals surface area (Å²) < 4.78 is 5.04. The van der Waals surface area contributed by atoms with Crippen LogP contribution < -0.4 is 5.32 Å². The maximum Gasteiger partial charge on any atom is 0.407 e. The SMILES string of the molecule is C=CN(C=O)CCCNC(=O)OC(C)(C)C. The first kappa shape index (κ1) is 14.5. The lowest BCUT2D eigenvalue weighted by atomic mass is 10.2. The Balaban J connectivity index is 3.63. The van der Waals surface area contributed by atoms with Crippen molar-refractivity contribution in [2.75, 3.05) is 13.1 Å². The van der Waals surface area contributed by atoms with E-state index in [9.17, 15) is 9.59 Å². The molecule has 0 aromatic rings. The lowest BCUT2D eigenvalue weighted by Crippen LogP contribution is -2.33. The maximum atomic E-state index is 11.2. The number of ether oxygens (including phenoxy) is 1. The van der Waals surface area contributed by atoms with Gasteiger partial charge in [-0.2, -0.15) is 0 Å². The van der Waals surface area contributed by atoms with Gasteiger partial charge in [-0.25, -0.2) is 4.79 Å². The number of alkyl carbamates (subject to hydrolysis) is 1. The Bertz CT molecular complexity index is 238. The maximum absolute atomic E-state index is 11.2. The molecule has 0 aromatic heterocycles. The number of rotatable bonds is 6. The van der Waals surface area contributed by atoms with Crippen molar-refractivity contribution in [2.45, 2.75) is 32.8 Å². The Morgan fingerprint density at radius 2 is 2.12 bits per heavy atom. The lowest BCUT2D eigenvalue weighted by molar-refractivity contribution is -0.115. The molecule has 16 heavy (non-hydrogen) atoms. The third-order valence-corrected chi connectivity index (χ3v) is 1.63. The molecule has 1 N–H and O–H groups in total. The Morgan fingerprint density at radius 3 is 2.56 bits per heavy atom. The topological polar surface area (TPSA) is 58.6 Å². The molecule has 0 radical (unpaired) electrons. The Labute approximate surface area is 96.4 Å². The van der Waals surface area contributed by atoms with Crippen LogP contribution in [0, 0.1) is 0 Å². The van der Waals surface area contributed by atoms with Gasteiger partial charge in [-0.15, -0.1) is 0 Å². The lowest BCUT2D eigenvalue weighted by Gasteiger charge is -2.19. The van der Waals surface area contributed by atoms with E-state index in [1.54, 1.807) is 20.8 Å². The number of nitrogens with one attached hydrogen (secondary N) is 1. The van der Waals surface area contributed by atoms with Crippen molar-refractivity contribution >= 4 is 12.5 Å². The van der Waals surface area contributed by atoms with E-state index in [-0.39, 0.29) is 0 Å². The fourth-order valence-corrected chi connectivity index (χ4v) is 0.953. The molecular formula is C11H20N2O3. The van der Waals surface area contributed by atoms with Gasteiger partial charge in [-0.05, 0) is 33.4 Å². The molecule has 0 aliphatic heterocycles. The average Bonchev–Trinajstić information content (AvgIpc) is 2.15. The monoisotopic (exact) mass is 228 g/mol. The summed E-state index contributed by atoms with van der Waals surface area (Å²) in [5, 5.41) is 2.60. The van der Waals surface area contributed by atoms with Gasteiger partial charge in [0.1, 0.15) is 5.60 Å². The predicted molar refractivity (Wildman–Crippen MR) is 61.8 cm³/mol. The summed E-state index contributed by atoms with van der Waals surface area (Å²) in [6, 6.07) is 0.